The fourth-order valence-electron chi connectivity index (χ4n) is 1.73. The number of carbonyl (C=O) groups excluding carboxylic acids is 1. The van der Waals surface area contributed by atoms with Gasteiger partial charge in [0.15, 0.2) is 0 Å². The third-order valence-corrected chi connectivity index (χ3v) is 2.89. The zero-order valence-electron chi connectivity index (χ0n) is 9.75. The van der Waals surface area contributed by atoms with Crippen molar-refractivity contribution in [1.82, 2.24) is 14.6 Å². The third-order valence-electron chi connectivity index (χ3n) is 2.67. The molecule has 0 saturated carbocycles. The van der Waals surface area contributed by atoms with Crippen LogP contribution in [0.1, 0.15) is 10.4 Å². The molecular formula is C13H9ClN4O. The average molecular weight is 273 g/mol. The van der Waals surface area contributed by atoms with Crippen molar-refractivity contribution in [3.05, 3.63) is 59.6 Å². The highest BCUT2D eigenvalue weighted by molar-refractivity contribution is 6.29. The second kappa shape index (κ2) is 4.70. The van der Waals surface area contributed by atoms with Gasteiger partial charge in [0.25, 0.3) is 5.91 Å². The Morgan fingerprint density at radius 1 is 1.16 bits per heavy atom. The minimum absolute atomic E-state index is 0.271. The minimum Gasteiger partial charge on any atom is -0.267 e. The summed E-state index contributed by atoms with van der Waals surface area (Å²) in [7, 11) is 0. The highest BCUT2D eigenvalue weighted by Crippen LogP contribution is 2.11. The number of halogens is 1. The molecule has 0 saturated heterocycles. The van der Waals surface area contributed by atoms with E-state index in [-0.39, 0.29) is 5.91 Å². The van der Waals surface area contributed by atoms with Crippen LogP contribution in [0.15, 0.2) is 48.9 Å². The first kappa shape index (κ1) is 11.7. The number of aromatic nitrogens is 3. The second-order valence-electron chi connectivity index (χ2n) is 3.91. The summed E-state index contributed by atoms with van der Waals surface area (Å²) in [5.41, 5.74) is 4.81. The SMILES string of the molecule is O=C(Nn1cnc2ccccc21)c1ccc(Cl)nc1. The summed E-state index contributed by atoms with van der Waals surface area (Å²) >= 11 is 5.68. The lowest BCUT2D eigenvalue weighted by atomic mass is 10.3. The third kappa shape index (κ3) is 2.28. The van der Waals surface area contributed by atoms with E-state index in [0.29, 0.717) is 10.7 Å². The summed E-state index contributed by atoms with van der Waals surface area (Å²) in [6.07, 6.45) is 2.99. The van der Waals surface area contributed by atoms with Crippen molar-refractivity contribution in [2.45, 2.75) is 0 Å². The van der Waals surface area contributed by atoms with E-state index in [0.717, 1.165) is 11.0 Å². The van der Waals surface area contributed by atoms with E-state index in [2.05, 4.69) is 15.4 Å². The summed E-state index contributed by atoms with van der Waals surface area (Å²) < 4.78 is 1.58. The van der Waals surface area contributed by atoms with Crippen molar-refractivity contribution >= 4 is 28.5 Å². The van der Waals surface area contributed by atoms with Gasteiger partial charge in [-0.1, -0.05) is 23.7 Å². The van der Waals surface area contributed by atoms with Gasteiger partial charge < -0.3 is 0 Å². The Bertz CT molecular complexity index is 736. The van der Waals surface area contributed by atoms with Crippen LogP contribution in [0.4, 0.5) is 0 Å². The fraction of sp³-hybridized carbons (Fsp3) is 0. The van der Waals surface area contributed by atoms with Crippen molar-refractivity contribution in [3.63, 3.8) is 0 Å². The van der Waals surface area contributed by atoms with Gasteiger partial charge in [0.05, 0.1) is 16.6 Å². The van der Waals surface area contributed by atoms with Crippen LogP contribution < -0.4 is 5.43 Å². The number of fused-ring (bicyclic) bond motifs is 1. The molecule has 2 aromatic heterocycles. The highest BCUT2D eigenvalue weighted by atomic mass is 35.5. The van der Waals surface area contributed by atoms with Crippen LogP contribution in [0.25, 0.3) is 11.0 Å². The van der Waals surface area contributed by atoms with Gasteiger partial charge in [0.1, 0.15) is 11.5 Å². The molecule has 0 spiro atoms. The summed E-state index contributed by atoms with van der Waals surface area (Å²) in [5.74, 6) is -0.271. The molecule has 5 nitrogen and oxygen atoms in total. The number of pyridine rings is 1. The van der Waals surface area contributed by atoms with Gasteiger partial charge in [-0.3, -0.25) is 10.2 Å². The summed E-state index contributed by atoms with van der Waals surface area (Å²) in [5, 5.41) is 0.352. The van der Waals surface area contributed by atoms with Crippen LogP contribution >= 0.6 is 11.6 Å². The Morgan fingerprint density at radius 3 is 2.79 bits per heavy atom. The molecule has 3 aromatic rings. The molecule has 0 fully saturated rings. The molecule has 0 atom stereocenters. The van der Waals surface area contributed by atoms with Crippen LogP contribution in [0.3, 0.4) is 0 Å². The molecule has 0 aliphatic rings. The number of nitrogens with zero attached hydrogens (tertiary/aromatic N) is 3. The zero-order chi connectivity index (χ0) is 13.2. The molecule has 1 aromatic carbocycles. The number of rotatable bonds is 2. The quantitative estimate of drug-likeness (QED) is 0.729. The first-order chi connectivity index (χ1) is 9.24. The molecule has 0 aliphatic carbocycles. The average Bonchev–Trinajstić information content (AvgIpc) is 2.83. The molecule has 94 valence electrons. The Balaban J connectivity index is 1.89. The first-order valence-electron chi connectivity index (χ1n) is 5.59. The number of para-hydroxylation sites is 2. The van der Waals surface area contributed by atoms with Crippen molar-refractivity contribution in [2.75, 3.05) is 5.43 Å². The molecule has 0 bridgehead atoms. The maximum absolute atomic E-state index is 12.0. The van der Waals surface area contributed by atoms with Crippen molar-refractivity contribution < 1.29 is 4.79 Å². The van der Waals surface area contributed by atoms with E-state index < -0.39 is 0 Å². The standard InChI is InChI=1S/C13H9ClN4O/c14-12-6-5-9(7-15-12)13(19)17-18-8-16-10-3-1-2-4-11(10)18/h1-8H,(H,17,19). The summed E-state index contributed by atoms with van der Waals surface area (Å²) in [6, 6.07) is 10.7. The van der Waals surface area contributed by atoms with E-state index >= 15 is 0 Å². The Kier molecular flexibility index (Phi) is 2.89. The number of imidazole rings is 1. The predicted molar refractivity (Wildman–Crippen MR) is 72.7 cm³/mol. The van der Waals surface area contributed by atoms with Crippen molar-refractivity contribution in [1.29, 1.82) is 0 Å². The molecule has 1 amide bonds. The van der Waals surface area contributed by atoms with E-state index in [9.17, 15) is 4.79 Å². The zero-order valence-corrected chi connectivity index (χ0v) is 10.5. The number of nitrogens with one attached hydrogen (secondary N) is 1. The van der Waals surface area contributed by atoms with E-state index in [4.69, 9.17) is 11.6 Å². The van der Waals surface area contributed by atoms with Gasteiger partial charge in [-0.15, -0.1) is 0 Å². The molecule has 19 heavy (non-hydrogen) atoms. The topological polar surface area (TPSA) is 59.8 Å². The molecule has 3 rings (SSSR count). The van der Waals surface area contributed by atoms with Crippen LogP contribution in [0, 0.1) is 0 Å². The van der Waals surface area contributed by atoms with Gasteiger partial charge in [0.2, 0.25) is 0 Å². The van der Waals surface area contributed by atoms with Crippen LogP contribution in [0.2, 0.25) is 5.15 Å². The smallest absolute Gasteiger partial charge is 0.267 e. The lowest BCUT2D eigenvalue weighted by Gasteiger charge is -2.06. The second-order valence-corrected chi connectivity index (χ2v) is 4.30. The molecule has 1 N–H and O–H groups in total. The maximum atomic E-state index is 12.0. The Hall–Kier alpha value is -2.40. The van der Waals surface area contributed by atoms with Crippen LogP contribution in [-0.2, 0) is 0 Å². The largest absolute Gasteiger partial charge is 0.271 e. The molecular weight excluding hydrogens is 264 g/mol. The Morgan fingerprint density at radius 2 is 2.00 bits per heavy atom. The van der Waals surface area contributed by atoms with E-state index in [1.54, 1.807) is 23.1 Å². The monoisotopic (exact) mass is 272 g/mol. The lowest BCUT2D eigenvalue weighted by molar-refractivity contribution is 0.101. The van der Waals surface area contributed by atoms with Gasteiger partial charge in [-0.05, 0) is 24.3 Å². The summed E-state index contributed by atoms with van der Waals surface area (Å²) in [4.78, 5) is 20.1. The molecule has 0 unspecified atom stereocenters. The number of hydrogen-bond acceptors (Lipinski definition) is 3. The van der Waals surface area contributed by atoms with Gasteiger partial charge in [-0.2, -0.15) is 0 Å². The number of hydrogen-bond donors (Lipinski definition) is 1. The molecule has 6 heteroatoms. The fourth-order valence-corrected chi connectivity index (χ4v) is 1.84. The van der Waals surface area contributed by atoms with Gasteiger partial charge in [-0.25, -0.2) is 14.6 Å². The van der Waals surface area contributed by atoms with Crippen LogP contribution in [-0.4, -0.2) is 20.6 Å². The number of carbonyl (C=O) groups is 1. The minimum atomic E-state index is -0.271. The normalized spacial score (nSPS) is 10.6. The predicted octanol–water partition coefficient (Wildman–Crippen LogP) is 2.47. The summed E-state index contributed by atoms with van der Waals surface area (Å²) in [6.45, 7) is 0. The lowest BCUT2D eigenvalue weighted by Crippen LogP contribution is -2.22. The maximum Gasteiger partial charge on any atom is 0.271 e. The first-order valence-corrected chi connectivity index (χ1v) is 5.97. The highest BCUT2D eigenvalue weighted by Gasteiger charge is 2.08. The molecule has 0 radical (unpaired) electrons. The molecule has 0 aliphatic heterocycles. The van der Waals surface area contributed by atoms with Crippen LogP contribution in [0.5, 0.6) is 0 Å². The number of amides is 1. The molecule has 2 heterocycles. The van der Waals surface area contributed by atoms with E-state index in [1.165, 1.54) is 6.20 Å². The number of benzene rings is 1. The van der Waals surface area contributed by atoms with Crippen molar-refractivity contribution in [2.24, 2.45) is 0 Å². The van der Waals surface area contributed by atoms with Gasteiger partial charge >= 0.3 is 0 Å². The van der Waals surface area contributed by atoms with Crippen molar-refractivity contribution in [3.8, 4) is 0 Å². The Labute approximate surface area is 113 Å². The van der Waals surface area contributed by atoms with Gasteiger partial charge in [0, 0.05) is 6.20 Å². The van der Waals surface area contributed by atoms with E-state index in [1.807, 2.05) is 24.3 Å².